The molecule has 0 aliphatic rings. The van der Waals surface area contributed by atoms with Crippen LogP contribution in [0, 0.1) is 0 Å². The molecule has 0 atom stereocenters. The lowest BCUT2D eigenvalue weighted by Gasteiger charge is -1.91. The third-order valence-corrected chi connectivity index (χ3v) is 0.739. The number of carboxylic acids is 1. The van der Waals surface area contributed by atoms with Crippen LogP contribution in [0.4, 0.5) is 0 Å². The Balaban J connectivity index is 0. The van der Waals surface area contributed by atoms with Gasteiger partial charge in [-0.3, -0.25) is 4.79 Å². The number of hydrogen-bond acceptors (Lipinski definition) is 2. The Bertz CT molecular complexity index is 74.6. The summed E-state index contributed by atoms with van der Waals surface area (Å²) in [7, 11) is 1.56. The van der Waals surface area contributed by atoms with E-state index in [2.05, 4.69) is 4.74 Å². The van der Waals surface area contributed by atoms with Gasteiger partial charge in [-0.25, -0.2) is 0 Å². The van der Waals surface area contributed by atoms with Crippen LogP contribution < -0.4 is 0 Å². The summed E-state index contributed by atoms with van der Waals surface area (Å²) < 4.78 is 4.63. The van der Waals surface area contributed by atoms with Gasteiger partial charge in [-0.2, -0.15) is 0 Å². The number of carboxylic acid groups (broad SMARTS) is 1. The van der Waals surface area contributed by atoms with E-state index in [-0.39, 0.29) is 18.8 Å². The summed E-state index contributed by atoms with van der Waals surface area (Å²) in [6.07, 6.45) is 0.805. The first-order valence-electron chi connectivity index (χ1n) is 2.48. The maximum absolute atomic E-state index is 9.82. The van der Waals surface area contributed by atoms with E-state index >= 15 is 0 Å². The minimum atomic E-state index is -0.762. The normalized spacial score (nSPS) is 8.11. The molecule has 56 valence electrons. The van der Waals surface area contributed by atoms with E-state index in [9.17, 15) is 4.79 Å². The molecule has 0 amide bonds. The Morgan fingerprint density at radius 2 is 2.22 bits per heavy atom. The summed E-state index contributed by atoms with van der Waals surface area (Å²) in [5.41, 5.74) is 0. The second kappa shape index (κ2) is 7.72. The molecule has 0 aliphatic carbocycles. The van der Waals surface area contributed by atoms with Gasteiger partial charge in [0.25, 0.3) is 0 Å². The first-order chi connectivity index (χ1) is 3.77. The highest BCUT2D eigenvalue weighted by molar-refractivity contribution is 5.85. The van der Waals surface area contributed by atoms with Crippen molar-refractivity contribution in [2.45, 2.75) is 12.8 Å². The van der Waals surface area contributed by atoms with Gasteiger partial charge in [-0.1, -0.05) is 0 Å². The molecule has 0 spiro atoms. The van der Waals surface area contributed by atoms with Gasteiger partial charge in [-0.05, 0) is 6.42 Å². The Morgan fingerprint density at radius 3 is 2.56 bits per heavy atom. The van der Waals surface area contributed by atoms with Crippen molar-refractivity contribution in [3.63, 3.8) is 0 Å². The molecule has 1 N–H and O–H groups in total. The molecule has 0 fully saturated rings. The first kappa shape index (κ1) is 11.5. The monoisotopic (exact) mass is 154 g/mol. The molecular formula is C5H11ClO3. The molecule has 4 heteroatoms. The molecule has 0 saturated heterocycles. The fourth-order valence-electron chi connectivity index (χ4n) is 0.368. The molecule has 0 aliphatic heterocycles. The lowest BCUT2D eigenvalue weighted by atomic mass is 10.3. The maximum atomic E-state index is 9.82. The lowest BCUT2D eigenvalue weighted by Crippen LogP contribution is -1.97. The van der Waals surface area contributed by atoms with Crippen molar-refractivity contribution in [1.82, 2.24) is 0 Å². The van der Waals surface area contributed by atoms with Gasteiger partial charge in [-0.15, -0.1) is 12.4 Å². The highest BCUT2D eigenvalue weighted by atomic mass is 35.5. The zero-order valence-corrected chi connectivity index (χ0v) is 6.11. The topological polar surface area (TPSA) is 46.5 Å². The number of halogens is 1. The Hall–Kier alpha value is -0.280. The van der Waals surface area contributed by atoms with Crippen molar-refractivity contribution in [2.75, 3.05) is 13.7 Å². The minimum Gasteiger partial charge on any atom is -0.481 e. The summed E-state index contributed by atoms with van der Waals surface area (Å²) in [5.74, 6) is -0.762. The number of carbonyl (C=O) groups is 1. The van der Waals surface area contributed by atoms with Gasteiger partial charge in [0, 0.05) is 20.1 Å². The van der Waals surface area contributed by atoms with E-state index < -0.39 is 5.97 Å². The third-order valence-electron chi connectivity index (χ3n) is 0.739. The molecule has 0 radical (unpaired) electrons. The van der Waals surface area contributed by atoms with Crippen molar-refractivity contribution in [3.8, 4) is 0 Å². The van der Waals surface area contributed by atoms with Gasteiger partial charge >= 0.3 is 5.97 Å². The predicted octanol–water partition coefficient (Wildman–Crippen LogP) is 0.919. The van der Waals surface area contributed by atoms with Crippen LogP contribution in [0.2, 0.25) is 0 Å². The van der Waals surface area contributed by atoms with Gasteiger partial charge in [0.05, 0.1) is 0 Å². The van der Waals surface area contributed by atoms with E-state index in [1.807, 2.05) is 0 Å². The van der Waals surface area contributed by atoms with Crippen molar-refractivity contribution >= 4 is 18.4 Å². The van der Waals surface area contributed by atoms with Crippen LogP contribution in [-0.2, 0) is 9.53 Å². The number of ether oxygens (including phenoxy) is 1. The molecule has 0 unspecified atom stereocenters. The SMILES string of the molecule is COCCCC(=O)O.Cl. The van der Waals surface area contributed by atoms with Crippen LogP contribution in [0.25, 0.3) is 0 Å². The summed E-state index contributed by atoms with van der Waals surface area (Å²) in [5, 5.41) is 8.08. The molecule has 0 saturated carbocycles. The van der Waals surface area contributed by atoms with E-state index in [4.69, 9.17) is 5.11 Å². The van der Waals surface area contributed by atoms with Crippen molar-refractivity contribution < 1.29 is 14.6 Å². The molecular weight excluding hydrogens is 144 g/mol. The molecule has 0 rings (SSSR count). The fraction of sp³-hybridized carbons (Fsp3) is 0.800. The standard InChI is InChI=1S/C5H10O3.ClH/c1-8-4-2-3-5(6)7;/h2-4H2,1H3,(H,6,7);1H. The second-order valence-electron chi connectivity index (χ2n) is 1.49. The van der Waals surface area contributed by atoms with Gasteiger partial charge in [0.15, 0.2) is 0 Å². The summed E-state index contributed by atoms with van der Waals surface area (Å²) in [6, 6.07) is 0. The lowest BCUT2D eigenvalue weighted by molar-refractivity contribution is -0.137. The highest BCUT2D eigenvalue weighted by Crippen LogP contribution is 1.86. The summed E-state index contributed by atoms with van der Waals surface area (Å²) in [4.78, 5) is 9.82. The third kappa shape index (κ3) is 11.3. The van der Waals surface area contributed by atoms with Crippen LogP contribution in [0.5, 0.6) is 0 Å². The first-order valence-corrected chi connectivity index (χ1v) is 2.48. The number of methoxy groups -OCH3 is 1. The van der Waals surface area contributed by atoms with Crippen LogP contribution in [-0.4, -0.2) is 24.8 Å². The average molecular weight is 155 g/mol. The Labute approximate surface area is 60.4 Å². The molecule has 0 aromatic carbocycles. The average Bonchev–Trinajstić information content (AvgIpc) is 1.66. The Morgan fingerprint density at radius 1 is 1.67 bits per heavy atom. The van der Waals surface area contributed by atoms with Crippen molar-refractivity contribution in [2.24, 2.45) is 0 Å². The van der Waals surface area contributed by atoms with Gasteiger partial charge < -0.3 is 9.84 Å². The molecule has 9 heavy (non-hydrogen) atoms. The summed E-state index contributed by atoms with van der Waals surface area (Å²) >= 11 is 0. The Kier molecular flexibility index (Phi) is 9.87. The van der Waals surface area contributed by atoms with Crippen LogP contribution in [0.1, 0.15) is 12.8 Å². The largest absolute Gasteiger partial charge is 0.481 e. The van der Waals surface area contributed by atoms with E-state index in [1.165, 1.54) is 0 Å². The number of hydrogen-bond donors (Lipinski definition) is 1. The minimum absolute atomic E-state index is 0. The molecule has 0 heterocycles. The summed E-state index contributed by atoms with van der Waals surface area (Å²) in [6.45, 7) is 0.534. The molecule has 0 aromatic rings. The van der Waals surface area contributed by atoms with Crippen LogP contribution in [0.15, 0.2) is 0 Å². The zero-order valence-electron chi connectivity index (χ0n) is 5.29. The van der Waals surface area contributed by atoms with Gasteiger partial charge in [0.1, 0.15) is 0 Å². The molecule has 3 nitrogen and oxygen atoms in total. The zero-order chi connectivity index (χ0) is 6.41. The van der Waals surface area contributed by atoms with Crippen molar-refractivity contribution in [3.05, 3.63) is 0 Å². The maximum Gasteiger partial charge on any atom is 0.303 e. The molecule has 0 aromatic heterocycles. The number of aliphatic carboxylic acids is 1. The quantitative estimate of drug-likeness (QED) is 0.613. The van der Waals surface area contributed by atoms with E-state index in [0.717, 1.165) is 0 Å². The van der Waals surface area contributed by atoms with Gasteiger partial charge in [0.2, 0.25) is 0 Å². The second-order valence-corrected chi connectivity index (χ2v) is 1.49. The molecule has 0 bridgehead atoms. The van der Waals surface area contributed by atoms with Crippen LogP contribution >= 0.6 is 12.4 Å². The highest BCUT2D eigenvalue weighted by Gasteiger charge is 1.93. The van der Waals surface area contributed by atoms with E-state index in [1.54, 1.807) is 7.11 Å². The van der Waals surface area contributed by atoms with Crippen molar-refractivity contribution in [1.29, 1.82) is 0 Å². The van der Waals surface area contributed by atoms with E-state index in [0.29, 0.717) is 13.0 Å². The number of rotatable bonds is 4. The fourth-order valence-corrected chi connectivity index (χ4v) is 0.368. The smallest absolute Gasteiger partial charge is 0.303 e. The predicted molar refractivity (Wildman–Crippen MR) is 36.0 cm³/mol. The van der Waals surface area contributed by atoms with Crippen LogP contribution in [0.3, 0.4) is 0 Å².